The van der Waals surface area contributed by atoms with E-state index in [1.165, 1.54) is 9.36 Å². The Kier molecular flexibility index (Phi) is 6.05. The standard InChI is InChI=1S/C22H22ClF2N7O2/c1-31-26-11-15(30-31)12-6-5-7-13(19(12)33-2)27-14-10-16(23)28-21-18(14)29-22(20(24)25)32(21)17-8-3-4-9-34-17/h5-7,10-11,17,20H,3-4,8-9H2,1-2H3,(H,27,28). The Morgan fingerprint density at radius 2 is 2.09 bits per heavy atom. The Hall–Kier alpha value is -3.31. The Labute approximate surface area is 198 Å². The lowest BCUT2D eigenvalue weighted by Crippen LogP contribution is -2.20. The smallest absolute Gasteiger partial charge is 0.295 e. The van der Waals surface area contributed by atoms with Crippen molar-refractivity contribution in [2.24, 2.45) is 7.05 Å². The minimum atomic E-state index is -2.80. The fourth-order valence-electron chi connectivity index (χ4n) is 4.18. The molecule has 34 heavy (non-hydrogen) atoms. The van der Waals surface area contributed by atoms with E-state index in [-0.39, 0.29) is 16.3 Å². The fourth-order valence-corrected chi connectivity index (χ4v) is 4.37. The van der Waals surface area contributed by atoms with Crippen LogP contribution in [0, 0.1) is 0 Å². The number of nitrogens with zero attached hydrogens (tertiary/aromatic N) is 6. The van der Waals surface area contributed by atoms with Crippen molar-refractivity contribution in [2.75, 3.05) is 19.0 Å². The van der Waals surface area contributed by atoms with Crippen molar-refractivity contribution in [3.8, 4) is 17.0 Å². The zero-order chi connectivity index (χ0) is 23.8. The van der Waals surface area contributed by atoms with E-state index in [0.29, 0.717) is 41.4 Å². The average Bonchev–Trinajstić information content (AvgIpc) is 3.43. The molecule has 0 spiro atoms. The van der Waals surface area contributed by atoms with Crippen LogP contribution >= 0.6 is 11.6 Å². The SMILES string of the molecule is COc1c(Nc2cc(Cl)nc3c2nc(C(F)F)n3C2CCCCO2)cccc1-c1cnn(C)n1. The van der Waals surface area contributed by atoms with E-state index in [2.05, 4.69) is 25.5 Å². The van der Waals surface area contributed by atoms with Crippen LogP contribution in [0.2, 0.25) is 5.15 Å². The van der Waals surface area contributed by atoms with E-state index in [1.54, 1.807) is 32.5 Å². The number of nitrogens with one attached hydrogen (secondary N) is 1. The first kappa shape index (κ1) is 22.5. The number of imidazole rings is 1. The normalized spacial score (nSPS) is 16.4. The third-order valence-corrected chi connectivity index (χ3v) is 5.84. The van der Waals surface area contributed by atoms with Crippen molar-refractivity contribution in [3.63, 3.8) is 0 Å². The second-order valence-electron chi connectivity index (χ2n) is 7.86. The van der Waals surface area contributed by atoms with Gasteiger partial charge in [0.25, 0.3) is 6.43 Å². The lowest BCUT2D eigenvalue weighted by atomic mass is 10.1. The summed E-state index contributed by atoms with van der Waals surface area (Å²) in [6, 6.07) is 7.03. The van der Waals surface area contributed by atoms with Gasteiger partial charge < -0.3 is 14.8 Å². The number of hydrogen-bond acceptors (Lipinski definition) is 7. The molecule has 0 bridgehead atoms. The lowest BCUT2D eigenvalue weighted by Gasteiger charge is -2.25. The molecule has 0 aliphatic carbocycles. The second kappa shape index (κ2) is 9.15. The number of para-hydroxylation sites is 1. The van der Waals surface area contributed by atoms with Crippen molar-refractivity contribution in [3.05, 3.63) is 41.4 Å². The molecule has 3 aromatic heterocycles. The molecule has 1 N–H and O–H groups in total. The highest BCUT2D eigenvalue weighted by Gasteiger charge is 2.29. The lowest BCUT2D eigenvalue weighted by molar-refractivity contribution is -0.0363. The van der Waals surface area contributed by atoms with Gasteiger partial charge in [-0.2, -0.15) is 15.0 Å². The molecule has 0 radical (unpaired) electrons. The molecule has 1 aliphatic heterocycles. The number of halogens is 3. The van der Waals surface area contributed by atoms with E-state index in [0.717, 1.165) is 12.8 Å². The molecule has 4 heterocycles. The second-order valence-corrected chi connectivity index (χ2v) is 8.24. The van der Waals surface area contributed by atoms with Crippen molar-refractivity contribution in [1.29, 1.82) is 0 Å². The minimum Gasteiger partial charge on any atom is -0.494 e. The maximum Gasteiger partial charge on any atom is 0.295 e. The number of anilines is 2. The van der Waals surface area contributed by atoms with Crippen molar-refractivity contribution in [2.45, 2.75) is 31.9 Å². The summed E-state index contributed by atoms with van der Waals surface area (Å²) in [5, 5.41) is 11.8. The molecule has 1 atom stereocenters. The van der Waals surface area contributed by atoms with E-state index in [9.17, 15) is 8.78 Å². The predicted octanol–water partition coefficient (Wildman–Crippen LogP) is 5.27. The number of rotatable bonds is 6. The molecule has 5 rings (SSSR count). The van der Waals surface area contributed by atoms with Crippen LogP contribution in [-0.4, -0.2) is 43.2 Å². The van der Waals surface area contributed by atoms with Gasteiger partial charge in [-0.3, -0.25) is 4.57 Å². The van der Waals surface area contributed by atoms with Crippen LogP contribution in [0.15, 0.2) is 30.5 Å². The van der Waals surface area contributed by atoms with Gasteiger partial charge in [0.2, 0.25) is 0 Å². The summed E-state index contributed by atoms with van der Waals surface area (Å²) in [5.74, 6) is 0.105. The van der Waals surface area contributed by atoms with Crippen molar-refractivity contribution in [1.82, 2.24) is 29.5 Å². The van der Waals surface area contributed by atoms with Crippen molar-refractivity contribution >= 4 is 34.1 Å². The largest absolute Gasteiger partial charge is 0.494 e. The van der Waals surface area contributed by atoms with Crippen LogP contribution in [0.3, 0.4) is 0 Å². The maximum absolute atomic E-state index is 14.0. The number of aryl methyl sites for hydroxylation is 1. The number of ether oxygens (including phenoxy) is 2. The third-order valence-electron chi connectivity index (χ3n) is 5.65. The number of alkyl halides is 2. The molecule has 0 amide bonds. The maximum atomic E-state index is 14.0. The van der Waals surface area contributed by atoms with Gasteiger partial charge in [0.15, 0.2) is 17.2 Å². The molecule has 1 unspecified atom stereocenters. The first-order chi connectivity index (χ1) is 16.5. The van der Waals surface area contributed by atoms with E-state index in [4.69, 9.17) is 21.1 Å². The van der Waals surface area contributed by atoms with E-state index >= 15 is 0 Å². The van der Waals surface area contributed by atoms with Crippen LogP contribution in [0.4, 0.5) is 20.2 Å². The van der Waals surface area contributed by atoms with Gasteiger partial charge in [0, 0.05) is 25.3 Å². The summed E-state index contributed by atoms with van der Waals surface area (Å²) in [6.07, 6.45) is 0.596. The topological polar surface area (TPSA) is 91.9 Å². The first-order valence-corrected chi connectivity index (χ1v) is 11.1. The number of methoxy groups -OCH3 is 1. The predicted molar refractivity (Wildman–Crippen MR) is 123 cm³/mol. The molecule has 9 nitrogen and oxygen atoms in total. The van der Waals surface area contributed by atoms with Gasteiger partial charge in [0.1, 0.15) is 22.6 Å². The number of pyridine rings is 1. The van der Waals surface area contributed by atoms with Crippen LogP contribution in [0.25, 0.3) is 22.4 Å². The molecule has 4 aromatic rings. The summed E-state index contributed by atoms with van der Waals surface area (Å²) < 4.78 is 40.8. The summed E-state index contributed by atoms with van der Waals surface area (Å²) in [7, 11) is 3.26. The van der Waals surface area contributed by atoms with Crippen LogP contribution in [0.1, 0.15) is 37.7 Å². The molecular weight excluding hydrogens is 468 g/mol. The first-order valence-electron chi connectivity index (χ1n) is 10.7. The Balaban J connectivity index is 1.63. The van der Waals surface area contributed by atoms with Crippen LogP contribution in [-0.2, 0) is 11.8 Å². The Morgan fingerprint density at radius 1 is 1.24 bits per heavy atom. The number of hydrogen-bond donors (Lipinski definition) is 1. The molecule has 1 fully saturated rings. The van der Waals surface area contributed by atoms with Gasteiger partial charge in [0.05, 0.1) is 24.7 Å². The fraction of sp³-hybridized carbons (Fsp3) is 0.364. The van der Waals surface area contributed by atoms with Gasteiger partial charge in [-0.15, -0.1) is 0 Å². The van der Waals surface area contributed by atoms with Crippen LogP contribution in [0.5, 0.6) is 5.75 Å². The van der Waals surface area contributed by atoms with Crippen molar-refractivity contribution < 1.29 is 18.3 Å². The number of benzene rings is 1. The van der Waals surface area contributed by atoms with Gasteiger partial charge in [-0.05, 0) is 31.4 Å². The van der Waals surface area contributed by atoms with E-state index < -0.39 is 18.5 Å². The number of fused-ring (bicyclic) bond motifs is 1. The molecule has 12 heteroatoms. The molecule has 1 saturated heterocycles. The highest BCUT2D eigenvalue weighted by Crippen LogP contribution is 2.40. The van der Waals surface area contributed by atoms with Gasteiger partial charge in [-0.1, -0.05) is 17.7 Å². The quantitative estimate of drug-likeness (QED) is 0.369. The third kappa shape index (κ3) is 4.05. The van der Waals surface area contributed by atoms with Crippen LogP contribution < -0.4 is 10.1 Å². The minimum absolute atomic E-state index is 0.136. The molecule has 178 valence electrons. The highest BCUT2D eigenvalue weighted by atomic mass is 35.5. The van der Waals surface area contributed by atoms with Gasteiger partial charge in [-0.25, -0.2) is 18.7 Å². The molecule has 1 aliphatic rings. The Morgan fingerprint density at radius 3 is 2.76 bits per heavy atom. The molecular formula is C22H22ClF2N7O2. The summed E-state index contributed by atoms with van der Waals surface area (Å²) in [5.41, 5.74) is 2.84. The summed E-state index contributed by atoms with van der Waals surface area (Å²) in [4.78, 5) is 10.0. The van der Waals surface area contributed by atoms with Gasteiger partial charge >= 0.3 is 0 Å². The monoisotopic (exact) mass is 489 g/mol. The zero-order valence-corrected chi connectivity index (χ0v) is 19.3. The van der Waals surface area contributed by atoms with E-state index in [1.807, 2.05) is 12.1 Å². The number of aromatic nitrogens is 6. The molecule has 1 aromatic carbocycles. The average molecular weight is 490 g/mol. The zero-order valence-electron chi connectivity index (χ0n) is 18.5. The molecule has 0 saturated carbocycles. The summed E-state index contributed by atoms with van der Waals surface area (Å²) >= 11 is 6.32. The highest BCUT2D eigenvalue weighted by molar-refractivity contribution is 6.30. The summed E-state index contributed by atoms with van der Waals surface area (Å²) in [6.45, 7) is 0.491. The Bertz CT molecular complexity index is 1330.